The highest BCUT2D eigenvalue weighted by molar-refractivity contribution is 5.73. The second-order valence-electron chi connectivity index (χ2n) is 5.94. The summed E-state index contributed by atoms with van der Waals surface area (Å²) < 4.78 is 11.7. The van der Waals surface area contributed by atoms with Gasteiger partial charge in [0.15, 0.2) is 6.10 Å². The molecule has 4 nitrogen and oxygen atoms in total. The first-order valence-corrected chi connectivity index (χ1v) is 8.39. The molecule has 3 aromatic rings. The Morgan fingerprint density at radius 2 is 1.50 bits per heavy atom. The molecule has 0 spiro atoms. The van der Waals surface area contributed by atoms with Gasteiger partial charge >= 0.3 is 5.97 Å². The highest BCUT2D eigenvalue weighted by Gasteiger charge is 2.22. The van der Waals surface area contributed by atoms with Gasteiger partial charge in [-0.2, -0.15) is 0 Å². The Bertz CT molecular complexity index is 874. The van der Waals surface area contributed by atoms with Crippen LogP contribution in [0.4, 0.5) is 0 Å². The van der Waals surface area contributed by atoms with E-state index in [1.807, 2.05) is 79.7 Å². The quantitative estimate of drug-likeness (QED) is 0.662. The smallest absolute Gasteiger partial charge is 0.345 e. The van der Waals surface area contributed by atoms with Crippen molar-refractivity contribution in [3.05, 3.63) is 90.0 Å². The molecule has 3 rings (SSSR count). The lowest BCUT2D eigenvalue weighted by molar-refractivity contribution is -0.145. The number of rotatable bonds is 7. The van der Waals surface area contributed by atoms with Gasteiger partial charge in [0, 0.05) is 6.42 Å². The largest absolute Gasteiger partial charge is 0.478 e. The molecule has 0 aliphatic carbocycles. The Kier molecular flexibility index (Phi) is 5.54. The van der Waals surface area contributed by atoms with E-state index in [9.17, 15) is 9.90 Å². The second kappa shape index (κ2) is 8.21. The maximum Gasteiger partial charge on any atom is 0.345 e. The van der Waals surface area contributed by atoms with E-state index in [4.69, 9.17) is 9.47 Å². The van der Waals surface area contributed by atoms with Crippen molar-refractivity contribution in [2.75, 3.05) is 0 Å². The Morgan fingerprint density at radius 3 is 2.19 bits per heavy atom. The van der Waals surface area contributed by atoms with E-state index in [0.29, 0.717) is 17.2 Å². The van der Waals surface area contributed by atoms with Crippen LogP contribution in [0.1, 0.15) is 11.1 Å². The predicted molar refractivity (Wildman–Crippen MR) is 99.9 cm³/mol. The van der Waals surface area contributed by atoms with Gasteiger partial charge in [-0.15, -0.1) is 0 Å². The zero-order valence-electron chi connectivity index (χ0n) is 14.5. The fourth-order valence-electron chi connectivity index (χ4n) is 2.61. The van der Waals surface area contributed by atoms with Crippen LogP contribution in [0.2, 0.25) is 0 Å². The van der Waals surface area contributed by atoms with Crippen LogP contribution in [-0.2, 0) is 11.2 Å². The molecule has 0 radical (unpaired) electrons. The highest BCUT2D eigenvalue weighted by Crippen LogP contribution is 2.27. The minimum Gasteiger partial charge on any atom is -0.478 e. The summed E-state index contributed by atoms with van der Waals surface area (Å²) in [6.07, 6.45) is -0.802. The lowest BCUT2D eigenvalue weighted by Crippen LogP contribution is -2.29. The maximum atomic E-state index is 11.7. The Balaban J connectivity index is 1.81. The standard InChI is InChI=1S/C22H20O4/c1-16-9-5-7-13-19(16)26-21(22(23)24)15-17-10-6-8-14-20(17)25-18-11-3-2-4-12-18/h2-14,21H,15H2,1H3,(H,23,24). The summed E-state index contributed by atoms with van der Waals surface area (Å²) in [7, 11) is 0. The average molecular weight is 348 g/mol. The van der Waals surface area contributed by atoms with Crippen molar-refractivity contribution in [3.8, 4) is 17.2 Å². The topological polar surface area (TPSA) is 55.8 Å². The number of benzene rings is 3. The third-order valence-corrected chi connectivity index (χ3v) is 3.99. The number of carboxylic acids is 1. The van der Waals surface area contributed by atoms with E-state index in [-0.39, 0.29) is 6.42 Å². The minimum atomic E-state index is -1.01. The summed E-state index contributed by atoms with van der Waals surface area (Å²) in [6.45, 7) is 1.89. The molecule has 0 heterocycles. The molecule has 1 atom stereocenters. The van der Waals surface area contributed by atoms with Gasteiger partial charge in [-0.25, -0.2) is 4.79 Å². The molecule has 0 fully saturated rings. The Labute approximate surface area is 152 Å². The van der Waals surface area contributed by atoms with E-state index < -0.39 is 12.1 Å². The van der Waals surface area contributed by atoms with Gasteiger partial charge in [0.05, 0.1) is 0 Å². The van der Waals surface area contributed by atoms with Gasteiger partial charge in [-0.3, -0.25) is 0 Å². The Morgan fingerprint density at radius 1 is 0.885 bits per heavy atom. The zero-order chi connectivity index (χ0) is 18.4. The first kappa shape index (κ1) is 17.5. The number of carboxylic acid groups (broad SMARTS) is 1. The summed E-state index contributed by atoms with van der Waals surface area (Å²) in [5.74, 6) is 0.883. The van der Waals surface area contributed by atoms with Gasteiger partial charge in [-0.05, 0) is 42.3 Å². The number of ether oxygens (including phenoxy) is 2. The van der Waals surface area contributed by atoms with Crippen LogP contribution in [0.15, 0.2) is 78.9 Å². The van der Waals surface area contributed by atoms with Gasteiger partial charge in [0.25, 0.3) is 0 Å². The monoisotopic (exact) mass is 348 g/mol. The third-order valence-electron chi connectivity index (χ3n) is 3.99. The molecule has 0 aliphatic rings. The molecular formula is C22H20O4. The molecule has 0 amide bonds. The van der Waals surface area contributed by atoms with Crippen LogP contribution < -0.4 is 9.47 Å². The van der Waals surface area contributed by atoms with Gasteiger partial charge in [0.1, 0.15) is 17.2 Å². The van der Waals surface area contributed by atoms with Crippen LogP contribution >= 0.6 is 0 Å². The minimum absolute atomic E-state index is 0.201. The van der Waals surface area contributed by atoms with Crippen molar-refractivity contribution in [2.24, 2.45) is 0 Å². The molecule has 3 aromatic carbocycles. The number of para-hydroxylation sites is 3. The number of hydrogen-bond acceptors (Lipinski definition) is 3. The number of aliphatic carboxylic acids is 1. The van der Waals surface area contributed by atoms with Crippen molar-refractivity contribution < 1.29 is 19.4 Å². The van der Waals surface area contributed by atoms with Crippen molar-refractivity contribution in [1.82, 2.24) is 0 Å². The molecule has 1 N–H and O–H groups in total. The van der Waals surface area contributed by atoms with E-state index in [1.54, 1.807) is 6.07 Å². The molecule has 4 heteroatoms. The zero-order valence-corrected chi connectivity index (χ0v) is 14.5. The lowest BCUT2D eigenvalue weighted by atomic mass is 10.1. The molecule has 132 valence electrons. The van der Waals surface area contributed by atoms with E-state index in [2.05, 4.69) is 0 Å². The normalized spacial score (nSPS) is 11.6. The highest BCUT2D eigenvalue weighted by atomic mass is 16.5. The summed E-state index contributed by atoms with van der Waals surface area (Å²) in [4.78, 5) is 11.7. The summed E-state index contributed by atoms with van der Waals surface area (Å²) in [5, 5.41) is 9.60. The van der Waals surface area contributed by atoms with E-state index >= 15 is 0 Å². The molecule has 1 unspecified atom stereocenters. The van der Waals surface area contributed by atoms with Crippen molar-refractivity contribution in [3.63, 3.8) is 0 Å². The number of aryl methyl sites for hydroxylation is 1. The Hall–Kier alpha value is -3.27. The predicted octanol–water partition coefficient (Wildman–Crippen LogP) is 4.86. The fraction of sp³-hybridized carbons (Fsp3) is 0.136. The fourth-order valence-corrected chi connectivity index (χ4v) is 2.61. The third kappa shape index (κ3) is 4.42. The SMILES string of the molecule is Cc1ccccc1OC(Cc1ccccc1Oc1ccccc1)C(=O)O. The molecule has 0 bridgehead atoms. The molecular weight excluding hydrogens is 328 g/mol. The van der Waals surface area contributed by atoms with Crippen molar-refractivity contribution in [1.29, 1.82) is 0 Å². The second-order valence-corrected chi connectivity index (χ2v) is 5.94. The van der Waals surface area contributed by atoms with Crippen LogP contribution in [0, 0.1) is 6.92 Å². The lowest BCUT2D eigenvalue weighted by Gasteiger charge is -2.18. The summed E-state index contributed by atoms with van der Waals surface area (Å²) in [6, 6.07) is 24.2. The van der Waals surface area contributed by atoms with Gasteiger partial charge in [-0.1, -0.05) is 54.6 Å². The maximum absolute atomic E-state index is 11.7. The molecule has 0 aliphatic heterocycles. The van der Waals surface area contributed by atoms with Crippen molar-refractivity contribution in [2.45, 2.75) is 19.4 Å². The van der Waals surface area contributed by atoms with Crippen LogP contribution in [0.5, 0.6) is 17.2 Å². The number of hydrogen-bond donors (Lipinski definition) is 1. The van der Waals surface area contributed by atoms with E-state index in [0.717, 1.165) is 11.1 Å². The van der Waals surface area contributed by atoms with Crippen molar-refractivity contribution >= 4 is 5.97 Å². The van der Waals surface area contributed by atoms with Crippen LogP contribution in [0.25, 0.3) is 0 Å². The van der Waals surface area contributed by atoms with Gasteiger partial charge < -0.3 is 14.6 Å². The van der Waals surface area contributed by atoms with E-state index in [1.165, 1.54) is 0 Å². The summed E-state index contributed by atoms with van der Waals surface area (Å²) in [5.41, 5.74) is 1.67. The molecule has 0 saturated heterocycles. The van der Waals surface area contributed by atoms with Crippen LogP contribution in [0.3, 0.4) is 0 Å². The average Bonchev–Trinajstić information content (AvgIpc) is 2.65. The summed E-state index contributed by atoms with van der Waals surface area (Å²) >= 11 is 0. The molecule has 0 aromatic heterocycles. The van der Waals surface area contributed by atoms with Crippen LogP contribution in [-0.4, -0.2) is 17.2 Å². The first-order chi connectivity index (χ1) is 12.6. The molecule has 26 heavy (non-hydrogen) atoms. The number of carbonyl (C=O) groups is 1. The van der Waals surface area contributed by atoms with Gasteiger partial charge in [0.2, 0.25) is 0 Å². The first-order valence-electron chi connectivity index (χ1n) is 8.39. The molecule has 0 saturated carbocycles.